The third-order valence-corrected chi connectivity index (χ3v) is 14.7. The second-order valence-electron chi connectivity index (χ2n) is 16.5. The van der Waals surface area contributed by atoms with Crippen LogP contribution in [0.4, 0.5) is 5.82 Å². The molecule has 2 aliphatic carbocycles. The number of benzene rings is 1. The minimum Gasteiger partial charge on any atom is -0.489 e. The van der Waals surface area contributed by atoms with Gasteiger partial charge in [-0.25, -0.2) is 18.1 Å². The van der Waals surface area contributed by atoms with Gasteiger partial charge in [-0.2, -0.15) is 0 Å². The number of hydrogen-bond acceptors (Lipinski definition) is 10. The number of piperazine rings is 1. The fraction of sp³-hybridized carbons (Fsp3) is 0.667. The molecule has 304 valence electrons. The summed E-state index contributed by atoms with van der Waals surface area (Å²) >= 11 is 6.51. The Bertz CT molecular complexity index is 1790. The molecule has 1 saturated heterocycles. The van der Waals surface area contributed by atoms with Crippen molar-refractivity contribution in [1.82, 2.24) is 19.5 Å². The zero-order chi connectivity index (χ0) is 39.4. The molecule has 0 radical (unpaired) electrons. The predicted molar refractivity (Wildman–Crippen MR) is 219 cm³/mol. The molecular formula is C42H62ClN5O6S. The number of rotatable bonds is 15. The zero-order valence-electron chi connectivity index (χ0n) is 33.7. The summed E-state index contributed by atoms with van der Waals surface area (Å²) in [5, 5.41) is -0.0810. The van der Waals surface area contributed by atoms with Gasteiger partial charge in [0.1, 0.15) is 11.3 Å². The number of anilines is 1. The number of sulfonamides is 1. The fourth-order valence-electron chi connectivity index (χ4n) is 9.22. The molecule has 2 aromatic rings. The van der Waals surface area contributed by atoms with Gasteiger partial charge < -0.3 is 19.1 Å². The molecule has 1 aromatic carbocycles. The summed E-state index contributed by atoms with van der Waals surface area (Å²) in [6.07, 6.45) is 10.8. The molecule has 2 aliphatic heterocycles. The highest BCUT2D eigenvalue weighted by Gasteiger charge is 2.50. The summed E-state index contributed by atoms with van der Waals surface area (Å²) in [6, 6.07) is 10.1. The minimum atomic E-state index is -3.95. The fourth-order valence-corrected chi connectivity index (χ4v) is 10.4. The van der Waals surface area contributed by atoms with E-state index in [9.17, 15) is 13.2 Å². The molecule has 5 atom stereocenters. The van der Waals surface area contributed by atoms with Gasteiger partial charge in [0.25, 0.3) is 5.91 Å². The third kappa shape index (κ3) is 9.20. The number of nitrogens with zero attached hydrogens (tertiary/aromatic N) is 4. The van der Waals surface area contributed by atoms with Crippen LogP contribution in [0.5, 0.6) is 5.75 Å². The summed E-state index contributed by atoms with van der Waals surface area (Å²) in [5.41, 5.74) is 1.76. The number of hydrogen-bond donors (Lipinski definition) is 1. The smallest absolute Gasteiger partial charge is 0.283 e. The average Bonchev–Trinajstić information content (AvgIpc) is 3.31. The maximum Gasteiger partial charge on any atom is 0.283 e. The second kappa shape index (κ2) is 17.8. The molecule has 1 aromatic heterocycles. The van der Waals surface area contributed by atoms with Gasteiger partial charge in [-0.15, -0.1) is 0 Å². The summed E-state index contributed by atoms with van der Waals surface area (Å²) in [6.45, 7) is 15.3. The first-order chi connectivity index (χ1) is 26.3. The summed E-state index contributed by atoms with van der Waals surface area (Å²) in [5.74, 6) is 0.961. The highest BCUT2D eigenvalue weighted by molar-refractivity contribution is 7.90. The van der Waals surface area contributed by atoms with E-state index in [1.165, 1.54) is 18.2 Å². The quantitative estimate of drug-likeness (QED) is 0.212. The number of fused-ring (bicyclic) bond motifs is 3. The molecule has 2 fully saturated rings. The largest absolute Gasteiger partial charge is 0.489 e. The van der Waals surface area contributed by atoms with Crippen LogP contribution in [-0.2, 0) is 31.3 Å². The lowest BCUT2D eigenvalue weighted by atomic mass is 9.63. The third-order valence-electron chi connectivity index (χ3n) is 12.7. The van der Waals surface area contributed by atoms with Gasteiger partial charge in [0.15, 0.2) is 11.6 Å². The van der Waals surface area contributed by atoms with E-state index in [2.05, 4.69) is 64.5 Å². The van der Waals surface area contributed by atoms with E-state index in [1.54, 1.807) is 19.1 Å². The Hall–Kier alpha value is -2.74. The first kappa shape index (κ1) is 41.9. The SMILES string of the molecule is CC/C=C/[C@](CN1CCN(C(C)C)CC1)(OC)[C@@H]1CC[C@H]1CN1C[C@@]2(CCCc3cc(Cl)ccc32)COc2ccc(C(=O)NS(=O)(=O)[C@@H](C)CCOC)nc21. The normalized spacial score (nSPS) is 25.1. The van der Waals surface area contributed by atoms with Crippen molar-refractivity contribution in [3.8, 4) is 5.75 Å². The molecule has 55 heavy (non-hydrogen) atoms. The van der Waals surface area contributed by atoms with Crippen molar-refractivity contribution < 1.29 is 27.4 Å². The van der Waals surface area contributed by atoms with Crippen molar-refractivity contribution in [3.05, 3.63) is 64.3 Å². The van der Waals surface area contributed by atoms with E-state index < -0.39 is 26.8 Å². The molecule has 11 nitrogen and oxygen atoms in total. The molecule has 0 unspecified atom stereocenters. The van der Waals surface area contributed by atoms with E-state index in [0.717, 1.165) is 76.3 Å². The maximum absolute atomic E-state index is 13.6. The van der Waals surface area contributed by atoms with Gasteiger partial charge in [-0.3, -0.25) is 14.6 Å². The van der Waals surface area contributed by atoms with E-state index in [-0.39, 0.29) is 36.0 Å². The minimum absolute atomic E-state index is 0.0319. The Morgan fingerprint density at radius 1 is 1.15 bits per heavy atom. The summed E-state index contributed by atoms with van der Waals surface area (Å²) < 4.78 is 46.8. The number of aryl methyl sites for hydroxylation is 1. The lowest BCUT2D eigenvalue weighted by Crippen LogP contribution is -2.59. The molecule has 4 aliphatic rings. The van der Waals surface area contributed by atoms with Crippen molar-refractivity contribution in [2.75, 3.05) is 78.1 Å². The monoisotopic (exact) mass is 799 g/mol. The van der Waals surface area contributed by atoms with Crippen molar-refractivity contribution in [3.63, 3.8) is 0 Å². The van der Waals surface area contributed by atoms with Crippen LogP contribution in [0.3, 0.4) is 0 Å². The molecule has 3 heterocycles. The Morgan fingerprint density at radius 3 is 2.60 bits per heavy atom. The molecule has 1 saturated carbocycles. The van der Waals surface area contributed by atoms with E-state index in [4.69, 9.17) is 30.8 Å². The van der Waals surface area contributed by atoms with Crippen LogP contribution in [0.2, 0.25) is 5.02 Å². The van der Waals surface area contributed by atoms with Crippen LogP contribution in [-0.4, -0.2) is 119 Å². The number of ether oxygens (including phenoxy) is 3. The summed E-state index contributed by atoms with van der Waals surface area (Å²) in [4.78, 5) is 25.9. The molecular weight excluding hydrogens is 738 g/mol. The van der Waals surface area contributed by atoms with Gasteiger partial charge >= 0.3 is 0 Å². The predicted octanol–water partition coefficient (Wildman–Crippen LogP) is 6.10. The van der Waals surface area contributed by atoms with Crippen LogP contribution < -0.4 is 14.4 Å². The van der Waals surface area contributed by atoms with E-state index in [0.29, 0.717) is 37.3 Å². The first-order valence-corrected chi connectivity index (χ1v) is 22.2. The van der Waals surface area contributed by atoms with Gasteiger partial charge in [-0.1, -0.05) is 36.7 Å². The van der Waals surface area contributed by atoms with E-state index in [1.807, 2.05) is 13.2 Å². The molecule has 0 bridgehead atoms. The van der Waals surface area contributed by atoms with E-state index >= 15 is 0 Å². The highest BCUT2D eigenvalue weighted by atomic mass is 35.5. The van der Waals surface area contributed by atoms with Gasteiger partial charge in [0.2, 0.25) is 10.0 Å². The number of methoxy groups -OCH3 is 2. The van der Waals surface area contributed by atoms with Crippen LogP contribution in [0, 0.1) is 11.8 Å². The van der Waals surface area contributed by atoms with Gasteiger partial charge in [0, 0.05) is 83.1 Å². The Kier molecular flexibility index (Phi) is 13.6. The molecule has 1 N–H and O–H groups in total. The van der Waals surface area contributed by atoms with Crippen LogP contribution in [0.1, 0.15) is 87.8 Å². The Labute approximate surface area is 334 Å². The van der Waals surface area contributed by atoms with Crippen LogP contribution in [0.15, 0.2) is 42.5 Å². The lowest BCUT2D eigenvalue weighted by molar-refractivity contribution is -0.0960. The number of halogens is 1. The topological polar surface area (TPSA) is 114 Å². The number of nitrogens with one attached hydrogen (secondary N) is 1. The molecule has 1 spiro atoms. The standard InChI is InChI=1S/C42H62ClN5O6S/c1-7-8-19-42(53-6,28-46-20-22-47(23-21-46)30(2)3)36-13-11-33(36)26-48-27-41(18-9-10-32-25-34(43)12-14-35(32)41)29-54-38-16-15-37(44-39(38)48)40(49)45-55(50,51)31(4)17-24-52-5/h8,12,14-16,19,25,30-31,33,36H,7,9-11,13,17-18,20-24,26-29H2,1-6H3,(H,45,49)/b19-8+/t31-,33-,36+,41-,42+/m0/s1. The zero-order valence-corrected chi connectivity index (χ0v) is 35.3. The van der Waals surface area contributed by atoms with Crippen LogP contribution in [0.25, 0.3) is 0 Å². The van der Waals surface area contributed by atoms with Crippen molar-refractivity contribution in [1.29, 1.82) is 0 Å². The number of pyridine rings is 1. The number of allylic oxidation sites excluding steroid dienone is 1. The lowest BCUT2D eigenvalue weighted by Gasteiger charge is -2.52. The second-order valence-corrected chi connectivity index (χ2v) is 19.0. The number of amides is 1. The maximum atomic E-state index is 13.6. The Morgan fingerprint density at radius 2 is 1.93 bits per heavy atom. The average molecular weight is 801 g/mol. The highest BCUT2D eigenvalue weighted by Crippen LogP contribution is 2.48. The van der Waals surface area contributed by atoms with Crippen molar-refractivity contribution >= 4 is 33.3 Å². The van der Waals surface area contributed by atoms with Crippen molar-refractivity contribution in [2.45, 2.75) is 94.9 Å². The van der Waals surface area contributed by atoms with Gasteiger partial charge in [-0.05, 0) is 113 Å². The Balaban J connectivity index is 1.32. The number of aromatic nitrogens is 1. The summed E-state index contributed by atoms with van der Waals surface area (Å²) in [7, 11) is -0.563. The molecule has 6 rings (SSSR count). The molecule has 1 amide bonds. The van der Waals surface area contributed by atoms with Gasteiger partial charge in [0.05, 0.1) is 11.9 Å². The number of carbonyl (C=O) groups is 1. The van der Waals surface area contributed by atoms with Crippen molar-refractivity contribution in [2.24, 2.45) is 11.8 Å². The first-order valence-electron chi connectivity index (χ1n) is 20.3. The van der Waals surface area contributed by atoms with Crippen LogP contribution >= 0.6 is 11.6 Å². The number of carbonyl (C=O) groups excluding carboxylic acids is 1. The molecule has 13 heteroatoms.